The van der Waals surface area contributed by atoms with E-state index in [2.05, 4.69) is 5.32 Å². The number of benzene rings is 1. The number of aryl methyl sites for hydroxylation is 2. The average Bonchev–Trinajstić information content (AvgIpc) is 2.19. The van der Waals surface area contributed by atoms with Crippen LogP contribution in [-0.2, 0) is 9.59 Å². The lowest BCUT2D eigenvalue weighted by Gasteiger charge is -2.06. The number of carboxylic acids is 1. The largest absolute Gasteiger partial charge is 0.545 e. The molecule has 0 saturated heterocycles. The van der Waals surface area contributed by atoms with Gasteiger partial charge in [-0.25, -0.2) is 0 Å². The summed E-state index contributed by atoms with van der Waals surface area (Å²) in [6, 6.07) is 5.57. The Kier molecular flexibility index (Phi) is 3.83. The number of hydrogen-bond donors (Lipinski definition) is 1. The van der Waals surface area contributed by atoms with Crippen LogP contribution in [-0.4, -0.2) is 11.9 Å². The van der Waals surface area contributed by atoms with E-state index in [4.69, 9.17) is 0 Å². The highest BCUT2D eigenvalue weighted by Gasteiger charge is 2.01. The van der Waals surface area contributed by atoms with E-state index in [1.54, 1.807) is 6.07 Å². The lowest BCUT2D eigenvalue weighted by atomic mass is 10.1. The third kappa shape index (κ3) is 3.57. The van der Waals surface area contributed by atoms with Gasteiger partial charge >= 0.3 is 0 Å². The summed E-state index contributed by atoms with van der Waals surface area (Å²) in [5.41, 5.74) is 2.69. The molecule has 4 heteroatoms. The van der Waals surface area contributed by atoms with Crippen molar-refractivity contribution in [1.82, 2.24) is 0 Å². The summed E-state index contributed by atoms with van der Waals surface area (Å²) >= 11 is 0. The van der Waals surface area contributed by atoms with E-state index in [1.807, 2.05) is 26.0 Å². The Hall–Kier alpha value is -2.10. The molecule has 0 aromatic heterocycles. The first-order valence-electron chi connectivity index (χ1n) is 4.76. The number of carbonyl (C=O) groups is 2. The zero-order chi connectivity index (χ0) is 12.1. The van der Waals surface area contributed by atoms with Gasteiger partial charge in [0.1, 0.15) is 0 Å². The lowest BCUT2D eigenvalue weighted by molar-refractivity contribution is -0.297. The van der Waals surface area contributed by atoms with Crippen LogP contribution in [0.3, 0.4) is 0 Å². The van der Waals surface area contributed by atoms with E-state index in [9.17, 15) is 14.7 Å². The highest BCUT2D eigenvalue weighted by molar-refractivity contribution is 6.02. The predicted molar refractivity (Wildman–Crippen MR) is 58.7 cm³/mol. The number of amides is 1. The van der Waals surface area contributed by atoms with Crippen LogP contribution < -0.4 is 10.4 Å². The van der Waals surface area contributed by atoms with Gasteiger partial charge in [0.25, 0.3) is 0 Å². The van der Waals surface area contributed by atoms with Crippen LogP contribution in [0.1, 0.15) is 11.1 Å². The molecule has 0 saturated carbocycles. The number of anilines is 1. The zero-order valence-electron chi connectivity index (χ0n) is 9.11. The molecule has 0 aliphatic rings. The zero-order valence-corrected chi connectivity index (χ0v) is 9.11. The first-order valence-corrected chi connectivity index (χ1v) is 4.76. The van der Waals surface area contributed by atoms with Crippen LogP contribution in [0.15, 0.2) is 30.4 Å². The Balaban J connectivity index is 2.73. The van der Waals surface area contributed by atoms with Crippen molar-refractivity contribution in [2.45, 2.75) is 13.8 Å². The van der Waals surface area contributed by atoms with Crippen molar-refractivity contribution in [3.63, 3.8) is 0 Å². The second-order valence-electron chi connectivity index (χ2n) is 3.46. The molecule has 0 radical (unpaired) electrons. The topological polar surface area (TPSA) is 69.2 Å². The van der Waals surface area contributed by atoms with E-state index < -0.39 is 11.9 Å². The van der Waals surface area contributed by atoms with Crippen LogP contribution in [0.2, 0.25) is 0 Å². The maximum atomic E-state index is 11.3. The van der Waals surface area contributed by atoms with Gasteiger partial charge in [0.2, 0.25) is 5.91 Å². The fraction of sp³-hybridized carbons (Fsp3) is 0.167. The van der Waals surface area contributed by atoms with E-state index in [1.165, 1.54) is 0 Å². The van der Waals surface area contributed by atoms with Crippen molar-refractivity contribution in [3.05, 3.63) is 41.5 Å². The number of hydrogen-bond acceptors (Lipinski definition) is 3. The molecule has 0 aliphatic heterocycles. The van der Waals surface area contributed by atoms with Crippen molar-refractivity contribution >= 4 is 17.6 Å². The minimum absolute atomic E-state index is 0.490. The van der Waals surface area contributed by atoms with Crippen molar-refractivity contribution in [1.29, 1.82) is 0 Å². The first kappa shape index (κ1) is 12.0. The van der Waals surface area contributed by atoms with Gasteiger partial charge in [0, 0.05) is 11.8 Å². The lowest BCUT2D eigenvalue weighted by Crippen LogP contribution is -2.20. The molecular formula is C12H12NO3-. The molecular weight excluding hydrogens is 206 g/mol. The number of nitrogens with one attached hydrogen (secondary N) is 1. The molecule has 1 aromatic rings. The smallest absolute Gasteiger partial charge is 0.248 e. The summed E-state index contributed by atoms with van der Waals surface area (Å²) in [5.74, 6) is -1.88. The van der Waals surface area contributed by atoms with Gasteiger partial charge in [0.05, 0.1) is 5.97 Å². The van der Waals surface area contributed by atoms with Crippen LogP contribution in [0.25, 0.3) is 0 Å². The SMILES string of the molecule is Cc1ccc(NC(=O)/C=C/C(=O)[O-])c(C)c1. The van der Waals surface area contributed by atoms with E-state index in [0.29, 0.717) is 11.8 Å². The summed E-state index contributed by atoms with van der Waals surface area (Å²) in [6.07, 6.45) is 1.62. The van der Waals surface area contributed by atoms with Gasteiger partial charge in [0.15, 0.2) is 0 Å². The van der Waals surface area contributed by atoms with Crippen molar-refractivity contribution < 1.29 is 14.7 Å². The van der Waals surface area contributed by atoms with Crippen LogP contribution in [0.4, 0.5) is 5.69 Å². The molecule has 0 bridgehead atoms. The number of carbonyl (C=O) groups excluding carboxylic acids is 2. The number of rotatable bonds is 3. The second kappa shape index (κ2) is 5.11. The van der Waals surface area contributed by atoms with Gasteiger partial charge in [-0.3, -0.25) is 4.79 Å². The molecule has 1 rings (SSSR count). The monoisotopic (exact) mass is 218 g/mol. The Morgan fingerprint density at radius 2 is 1.94 bits per heavy atom. The van der Waals surface area contributed by atoms with Crippen molar-refractivity contribution in [2.24, 2.45) is 0 Å². The van der Waals surface area contributed by atoms with E-state index >= 15 is 0 Å². The highest BCUT2D eigenvalue weighted by Crippen LogP contribution is 2.15. The minimum Gasteiger partial charge on any atom is -0.545 e. The molecule has 0 aliphatic carbocycles. The van der Waals surface area contributed by atoms with Gasteiger partial charge in [-0.2, -0.15) is 0 Å². The predicted octanol–water partition coefficient (Wildman–Crippen LogP) is 0.548. The number of carboxylic acid groups (broad SMARTS) is 1. The Morgan fingerprint density at radius 3 is 2.50 bits per heavy atom. The van der Waals surface area contributed by atoms with E-state index in [0.717, 1.165) is 17.2 Å². The quantitative estimate of drug-likeness (QED) is 0.753. The third-order valence-electron chi connectivity index (χ3n) is 2.01. The Labute approximate surface area is 93.6 Å². The van der Waals surface area contributed by atoms with Gasteiger partial charge in [-0.1, -0.05) is 17.7 Å². The molecule has 84 valence electrons. The van der Waals surface area contributed by atoms with Crippen molar-refractivity contribution in [3.8, 4) is 0 Å². The number of aliphatic carboxylic acids is 1. The Bertz CT molecular complexity index is 450. The Morgan fingerprint density at radius 1 is 1.25 bits per heavy atom. The maximum Gasteiger partial charge on any atom is 0.248 e. The van der Waals surface area contributed by atoms with Crippen LogP contribution >= 0.6 is 0 Å². The minimum atomic E-state index is -1.39. The highest BCUT2D eigenvalue weighted by atomic mass is 16.4. The molecule has 0 spiro atoms. The van der Waals surface area contributed by atoms with Crippen molar-refractivity contribution in [2.75, 3.05) is 5.32 Å². The summed E-state index contributed by atoms with van der Waals surface area (Å²) in [5, 5.41) is 12.7. The molecule has 0 atom stereocenters. The second-order valence-corrected chi connectivity index (χ2v) is 3.46. The fourth-order valence-electron chi connectivity index (χ4n) is 1.27. The molecule has 0 unspecified atom stereocenters. The standard InChI is InChI=1S/C12H13NO3/c1-8-3-4-10(9(2)7-8)13-11(14)5-6-12(15)16/h3-7H,1-2H3,(H,13,14)(H,15,16)/p-1/b6-5+. The summed E-state index contributed by atoms with van der Waals surface area (Å²) in [4.78, 5) is 21.4. The fourth-order valence-corrected chi connectivity index (χ4v) is 1.27. The van der Waals surface area contributed by atoms with Gasteiger partial charge in [-0.15, -0.1) is 0 Å². The van der Waals surface area contributed by atoms with Crippen LogP contribution in [0, 0.1) is 13.8 Å². The molecule has 16 heavy (non-hydrogen) atoms. The molecule has 1 aromatic carbocycles. The van der Waals surface area contributed by atoms with E-state index in [-0.39, 0.29) is 0 Å². The molecule has 0 heterocycles. The molecule has 1 N–H and O–H groups in total. The third-order valence-corrected chi connectivity index (χ3v) is 2.01. The van der Waals surface area contributed by atoms with Crippen LogP contribution in [0.5, 0.6) is 0 Å². The summed E-state index contributed by atoms with van der Waals surface area (Å²) in [6.45, 7) is 3.82. The molecule has 0 fully saturated rings. The normalized spacial score (nSPS) is 10.4. The van der Waals surface area contributed by atoms with Gasteiger partial charge < -0.3 is 15.2 Å². The summed E-state index contributed by atoms with van der Waals surface area (Å²) < 4.78 is 0. The molecule has 4 nitrogen and oxygen atoms in total. The first-order chi connectivity index (χ1) is 7.49. The summed E-state index contributed by atoms with van der Waals surface area (Å²) in [7, 11) is 0. The molecule has 1 amide bonds. The van der Waals surface area contributed by atoms with Gasteiger partial charge in [-0.05, 0) is 31.6 Å². The average molecular weight is 218 g/mol. The maximum absolute atomic E-state index is 11.3.